The third kappa shape index (κ3) is 9.25. The predicted octanol–water partition coefficient (Wildman–Crippen LogP) is 4.72. The molecule has 0 amide bonds. The Kier molecular flexibility index (Phi) is 12.7. The standard InChI is InChI=1S/C32H48O7/c1-5-22(3)28(34)13-9-12-25-17-27(38-20-33)18-26(39-25)15-14-21(2)10-7-6-8-11-24-19-37-32-30(24)29(35)16-23(4)31(32)36/h6,8-9,11-12,14,16,20,22,25-32,34-36H,5,7,10,13,15,17-19H2,1-4H3/b8-6+,12-9-,21-14+,24-11+. The summed E-state index contributed by atoms with van der Waals surface area (Å²) in [4.78, 5) is 11.0. The molecule has 0 aromatic carbocycles. The molecular weight excluding hydrogens is 496 g/mol. The summed E-state index contributed by atoms with van der Waals surface area (Å²) >= 11 is 0. The molecule has 0 bridgehead atoms. The Morgan fingerprint density at radius 2 is 2.05 bits per heavy atom. The third-order valence-electron chi connectivity index (χ3n) is 8.35. The summed E-state index contributed by atoms with van der Waals surface area (Å²) in [6.45, 7) is 9.01. The first-order valence-electron chi connectivity index (χ1n) is 14.5. The highest BCUT2D eigenvalue weighted by molar-refractivity contribution is 5.37. The monoisotopic (exact) mass is 544 g/mol. The molecule has 3 N–H and O–H groups in total. The molecule has 39 heavy (non-hydrogen) atoms. The van der Waals surface area contributed by atoms with Crippen LogP contribution in [0.5, 0.6) is 0 Å². The Bertz CT molecular complexity index is 933. The van der Waals surface area contributed by atoms with E-state index in [0.717, 1.165) is 36.8 Å². The van der Waals surface area contributed by atoms with Gasteiger partial charge in [-0.25, -0.2) is 0 Å². The first-order chi connectivity index (χ1) is 18.7. The SMILES string of the molecule is CCC(C)C(O)C/C=C\C1CC(OC=O)CC(C/C=C(\C)CC/C=C/C=C2\COC3C(O)C(C)=CC(O)C23)O1. The van der Waals surface area contributed by atoms with Crippen molar-refractivity contribution in [2.45, 2.75) is 115 Å². The van der Waals surface area contributed by atoms with Crippen LogP contribution in [0.25, 0.3) is 0 Å². The number of allylic oxidation sites excluding steroid dienone is 4. The summed E-state index contributed by atoms with van der Waals surface area (Å²) in [6.07, 6.45) is 17.1. The second kappa shape index (κ2) is 15.7. The second-order valence-electron chi connectivity index (χ2n) is 11.4. The van der Waals surface area contributed by atoms with Gasteiger partial charge in [-0.2, -0.15) is 0 Å². The number of aliphatic hydroxyl groups is 3. The lowest BCUT2D eigenvalue weighted by molar-refractivity contribution is -0.144. The summed E-state index contributed by atoms with van der Waals surface area (Å²) in [7, 11) is 0. The summed E-state index contributed by atoms with van der Waals surface area (Å²) in [6, 6.07) is 0. The van der Waals surface area contributed by atoms with Crippen molar-refractivity contribution >= 4 is 6.47 Å². The fourth-order valence-corrected chi connectivity index (χ4v) is 5.57. The normalized spacial score (nSPS) is 34.3. The number of aliphatic hydroxyl groups excluding tert-OH is 3. The van der Waals surface area contributed by atoms with E-state index in [1.54, 1.807) is 6.08 Å². The molecule has 2 heterocycles. The second-order valence-corrected chi connectivity index (χ2v) is 11.4. The van der Waals surface area contributed by atoms with E-state index in [-0.39, 0.29) is 42.4 Å². The van der Waals surface area contributed by atoms with E-state index in [1.807, 2.05) is 38.2 Å². The van der Waals surface area contributed by atoms with Gasteiger partial charge in [-0.1, -0.05) is 68.4 Å². The minimum atomic E-state index is -0.664. The van der Waals surface area contributed by atoms with Crippen LogP contribution in [0, 0.1) is 11.8 Å². The lowest BCUT2D eigenvalue weighted by Crippen LogP contribution is -2.42. The maximum Gasteiger partial charge on any atom is 0.293 e. The smallest absolute Gasteiger partial charge is 0.293 e. The molecule has 9 unspecified atom stereocenters. The van der Waals surface area contributed by atoms with Crippen molar-refractivity contribution in [2.24, 2.45) is 11.8 Å². The van der Waals surface area contributed by atoms with E-state index < -0.39 is 12.2 Å². The van der Waals surface area contributed by atoms with Crippen LogP contribution in [0.1, 0.15) is 72.6 Å². The van der Waals surface area contributed by atoms with E-state index in [2.05, 4.69) is 26.0 Å². The van der Waals surface area contributed by atoms with Gasteiger partial charge < -0.3 is 29.5 Å². The lowest BCUT2D eigenvalue weighted by Gasteiger charge is -2.33. The van der Waals surface area contributed by atoms with Crippen LogP contribution in [0.15, 0.2) is 59.3 Å². The molecule has 7 heteroatoms. The van der Waals surface area contributed by atoms with Crippen LogP contribution in [-0.4, -0.2) is 71.1 Å². The van der Waals surface area contributed by atoms with Gasteiger partial charge in [-0.15, -0.1) is 0 Å². The number of hydrogen-bond donors (Lipinski definition) is 3. The Labute approximate surface area is 233 Å². The molecule has 3 rings (SSSR count). The van der Waals surface area contributed by atoms with Gasteiger partial charge in [-0.3, -0.25) is 4.79 Å². The van der Waals surface area contributed by atoms with Gasteiger partial charge >= 0.3 is 0 Å². The fourth-order valence-electron chi connectivity index (χ4n) is 5.57. The van der Waals surface area contributed by atoms with Crippen LogP contribution in [0.4, 0.5) is 0 Å². The molecule has 7 nitrogen and oxygen atoms in total. The molecule has 0 aromatic rings. The van der Waals surface area contributed by atoms with Crippen molar-refractivity contribution in [3.8, 4) is 0 Å². The highest BCUT2D eigenvalue weighted by atomic mass is 16.5. The van der Waals surface area contributed by atoms with Crippen molar-refractivity contribution in [1.82, 2.24) is 0 Å². The molecule has 2 aliphatic heterocycles. The molecule has 0 radical (unpaired) electrons. The zero-order valence-corrected chi connectivity index (χ0v) is 23.9. The Hall–Kier alpha value is -2.03. The summed E-state index contributed by atoms with van der Waals surface area (Å²) in [5.74, 6) is 0.0613. The topological polar surface area (TPSA) is 105 Å². The maximum absolute atomic E-state index is 11.0. The Morgan fingerprint density at radius 3 is 2.79 bits per heavy atom. The van der Waals surface area contributed by atoms with Gasteiger partial charge in [0.2, 0.25) is 0 Å². The fraction of sp³-hybridized carbons (Fsp3) is 0.656. The third-order valence-corrected chi connectivity index (χ3v) is 8.35. The number of ether oxygens (including phenoxy) is 3. The van der Waals surface area contributed by atoms with Gasteiger partial charge in [0.15, 0.2) is 0 Å². The first-order valence-corrected chi connectivity index (χ1v) is 14.5. The molecule has 3 aliphatic rings. The molecular formula is C32H48O7. The molecule has 2 saturated heterocycles. The average Bonchev–Trinajstić information content (AvgIpc) is 3.34. The van der Waals surface area contributed by atoms with E-state index in [1.165, 1.54) is 5.57 Å². The molecule has 1 aliphatic carbocycles. The van der Waals surface area contributed by atoms with Crippen molar-refractivity contribution in [3.63, 3.8) is 0 Å². The summed E-state index contributed by atoms with van der Waals surface area (Å²) in [5, 5.41) is 31.0. The van der Waals surface area contributed by atoms with E-state index in [4.69, 9.17) is 14.2 Å². The molecule has 2 fully saturated rings. The highest BCUT2D eigenvalue weighted by Gasteiger charge is 2.44. The molecule has 0 aromatic heterocycles. The van der Waals surface area contributed by atoms with Crippen molar-refractivity contribution in [1.29, 1.82) is 0 Å². The predicted molar refractivity (Wildman–Crippen MR) is 152 cm³/mol. The number of hydrogen-bond acceptors (Lipinski definition) is 7. The minimum Gasteiger partial charge on any atom is -0.464 e. The van der Waals surface area contributed by atoms with Gasteiger partial charge in [0.05, 0.1) is 37.1 Å². The van der Waals surface area contributed by atoms with Crippen LogP contribution >= 0.6 is 0 Å². The van der Waals surface area contributed by atoms with Crippen LogP contribution in [0.3, 0.4) is 0 Å². The van der Waals surface area contributed by atoms with Crippen LogP contribution in [0.2, 0.25) is 0 Å². The van der Waals surface area contributed by atoms with Crippen molar-refractivity contribution < 1.29 is 34.3 Å². The summed E-state index contributed by atoms with van der Waals surface area (Å²) < 4.78 is 17.3. The zero-order valence-electron chi connectivity index (χ0n) is 23.9. The Balaban J connectivity index is 1.46. The Morgan fingerprint density at radius 1 is 1.26 bits per heavy atom. The average molecular weight is 545 g/mol. The number of rotatable bonds is 13. The quantitative estimate of drug-likeness (QED) is 0.228. The maximum atomic E-state index is 11.0. The molecule has 9 atom stereocenters. The largest absolute Gasteiger partial charge is 0.464 e. The van der Waals surface area contributed by atoms with E-state index in [0.29, 0.717) is 32.3 Å². The highest BCUT2D eigenvalue weighted by Crippen LogP contribution is 2.37. The van der Waals surface area contributed by atoms with Gasteiger partial charge in [-0.05, 0) is 56.6 Å². The van der Waals surface area contributed by atoms with Crippen LogP contribution < -0.4 is 0 Å². The minimum absolute atomic E-state index is 0.0293. The summed E-state index contributed by atoms with van der Waals surface area (Å²) in [5.41, 5.74) is 3.05. The zero-order chi connectivity index (χ0) is 28.4. The van der Waals surface area contributed by atoms with E-state index in [9.17, 15) is 20.1 Å². The van der Waals surface area contributed by atoms with Crippen molar-refractivity contribution in [2.75, 3.05) is 6.61 Å². The van der Waals surface area contributed by atoms with Gasteiger partial charge in [0.25, 0.3) is 6.47 Å². The van der Waals surface area contributed by atoms with E-state index >= 15 is 0 Å². The van der Waals surface area contributed by atoms with Gasteiger partial charge in [0.1, 0.15) is 12.2 Å². The number of carbonyl (C=O) groups excluding carboxylic acids is 1. The lowest BCUT2D eigenvalue weighted by atomic mass is 9.80. The van der Waals surface area contributed by atoms with Crippen molar-refractivity contribution in [3.05, 3.63) is 59.3 Å². The number of carbonyl (C=O) groups is 1. The first kappa shape index (κ1) is 31.5. The molecule has 0 saturated carbocycles. The molecule has 218 valence electrons. The van der Waals surface area contributed by atoms with Gasteiger partial charge in [0, 0.05) is 18.8 Å². The van der Waals surface area contributed by atoms with Crippen LogP contribution in [-0.2, 0) is 19.0 Å². The number of fused-ring (bicyclic) bond motifs is 1. The molecule has 0 spiro atoms.